The third-order valence-corrected chi connectivity index (χ3v) is 4.29. The first kappa shape index (κ1) is 16.1. The summed E-state index contributed by atoms with van der Waals surface area (Å²) in [5.74, 6) is 2.05. The van der Waals surface area contributed by atoms with E-state index in [0.717, 1.165) is 54.6 Å². The van der Waals surface area contributed by atoms with Gasteiger partial charge in [-0.3, -0.25) is 4.79 Å². The summed E-state index contributed by atoms with van der Waals surface area (Å²) in [6.45, 7) is 3.34. The normalized spacial score (nSPS) is 14.7. The number of carbonyl (C=O) groups excluding carboxylic acids is 1. The van der Waals surface area contributed by atoms with Crippen molar-refractivity contribution < 1.29 is 9.21 Å². The third kappa shape index (κ3) is 4.36. The molecule has 1 aromatic carbocycles. The van der Waals surface area contributed by atoms with Crippen LogP contribution in [0.25, 0.3) is 11.3 Å². The summed E-state index contributed by atoms with van der Waals surface area (Å²) in [6, 6.07) is 11.6. The van der Waals surface area contributed by atoms with E-state index in [1.54, 1.807) is 0 Å². The molecule has 122 valence electrons. The van der Waals surface area contributed by atoms with Crippen LogP contribution < -0.4 is 5.32 Å². The number of halogens is 1. The van der Waals surface area contributed by atoms with Crippen molar-refractivity contribution in [3.05, 3.63) is 47.2 Å². The molecule has 1 aromatic heterocycles. The second-order valence-corrected chi connectivity index (χ2v) is 6.22. The SMILES string of the molecule is O=C1CCCN1CCCNCc1ccc(-c2ccc(Cl)cc2)o1. The van der Waals surface area contributed by atoms with E-state index in [1.807, 2.05) is 41.3 Å². The van der Waals surface area contributed by atoms with Crippen LogP contribution in [0.15, 0.2) is 40.8 Å². The number of benzene rings is 1. The Morgan fingerprint density at radius 1 is 1.17 bits per heavy atom. The molecule has 0 radical (unpaired) electrons. The van der Waals surface area contributed by atoms with Crippen LogP contribution in [0, 0.1) is 0 Å². The minimum absolute atomic E-state index is 0.295. The largest absolute Gasteiger partial charge is 0.460 e. The lowest BCUT2D eigenvalue weighted by Crippen LogP contribution is -2.28. The van der Waals surface area contributed by atoms with Crippen molar-refractivity contribution in [2.45, 2.75) is 25.8 Å². The maximum Gasteiger partial charge on any atom is 0.222 e. The average molecular weight is 333 g/mol. The predicted molar refractivity (Wildman–Crippen MR) is 91.3 cm³/mol. The minimum atomic E-state index is 0.295. The summed E-state index contributed by atoms with van der Waals surface area (Å²) in [6.07, 6.45) is 2.69. The van der Waals surface area contributed by atoms with Crippen molar-refractivity contribution in [1.29, 1.82) is 0 Å². The molecular formula is C18H21ClN2O2. The number of rotatable bonds is 7. The van der Waals surface area contributed by atoms with E-state index >= 15 is 0 Å². The van der Waals surface area contributed by atoms with Crippen LogP contribution >= 0.6 is 11.6 Å². The fourth-order valence-corrected chi connectivity index (χ4v) is 2.92. The number of carbonyl (C=O) groups is 1. The van der Waals surface area contributed by atoms with Crippen molar-refractivity contribution in [2.24, 2.45) is 0 Å². The average Bonchev–Trinajstić information content (AvgIpc) is 3.17. The third-order valence-electron chi connectivity index (χ3n) is 4.04. The predicted octanol–water partition coefficient (Wildman–Crippen LogP) is 3.70. The van der Waals surface area contributed by atoms with Gasteiger partial charge in [0.15, 0.2) is 0 Å². The number of hydrogen-bond acceptors (Lipinski definition) is 3. The molecule has 0 unspecified atom stereocenters. The topological polar surface area (TPSA) is 45.5 Å². The molecule has 1 aliphatic heterocycles. The van der Waals surface area contributed by atoms with E-state index < -0.39 is 0 Å². The molecular weight excluding hydrogens is 312 g/mol. The zero-order valence-corrected chi connectivity index (χ0v) is 13.8. The van der Waals surface area contributed by atoms with E-state index in [-0.39, 0.29) is 0 Å². The summed E-state index contributed by atoms with van der Waals surface area (Å²) in [5.41, 5.74) is 1.02. The van der Waals surface area contributed by atoms with Gasteiger partial charge in [0, 0.05) is 30.1 Å². The monoisotopic (exact) mass is 332 g/mol. The van der Waals surface area contributed by atoms with Crippen LogP contribution in [0.2, 0.25) is 5.02 Å². The summed E-state index contributed by atoms with van der Waals surface area (Å²) in [7, 11) is 0. The van der Waals surface area contributed by atoms with Crippen molar-refractivity contribution in [3.8, 4) is 11.3 Å². The Balaban J connectivity index is 1.41. The first-order valence-electron chi connectivity index (χ1n) is 8.05. The molecule has 0 saturated carbocycles. The lowest BCUT2D eigenvalue weighted by molar-refractivity contribution is -0.127. The summed E-state index contributed by atoms with van der Waals surface area (Å²) >= 11 is 5.89. The van der Waals surface area contributed by atoms with Crippen LogP contribution in [-0.4, -0.2) is 30.4 Å². The molecule has 1 amide bonds. The number of nitrogens with one attached hydrogen (secondary N) is 1. The van der Waals surface area contributed by atoms with Crippen molar-refractivity contribution >= 4 is 17.5 Å². The van der Waals surface area contributed by atoms with Crippen LogP contribution in [0.1, 0.15) is 25.0 Å². The van der Waals surface area contributed by atoms with Crippen molar-refractivity contribution in [3.63, 3.8) is 0 Å². The zero-order chi connectivity index (χ0) is 16.1. The first-order chi connectivity index (χ1) is 11.2. The van der Waals surface area contributed by atoms with Gasteiger partial charge in [-0.2, -0.15) is 0 Å². The number of hydrogen-bond donors (Lipinski definition) is 1. The summed E-state index contributed by atoms with van der Waals surface area (Å²) < 4.78 is 5.84. The molecule has 0 spiro atoms. The quantitative estimate of drug-likeness (QED) is 0.786. The molecule has 5 heteroatoms. The molecule has 1 N–H and O–H groups in total. The van der Waals surface area contributed by atoms with E-state index in [4.69, 9.17) is 16.0 Å². The molecule has 23 heavy (non-hydrogen) atoms. The number of likely N-dealkylation sites (tertiary alicyclic amines) is 1. The highest BCUT2D eigenvalue weighted by atomic mass is 35.5. The molecule has 0 bridgehead atoms. The zero-order valence-electron chi connectivity index (χ0n) is 13.1. The van der Waals surface area contributed by atoms with Crippen LogP contribution in [-0.2, 0) is 11.3 Å². The van der Waals surface area contributed by atoms with Crippen molar-refractivity contribution in [2.75, 3.05) is 19.6 Å². The fourth-order valence-electron chi connectivity index (χ4n) is 2.79. The Morgan fingerprint density at radius 2 is 2.00 bits per heavy atom. The minimum Gasteiger partial charge on any atom is -0.460 e. The van der Waals surface area contributed by atoms with E-state index in [2.05, 4.69) is 5.32 Å². The maximum atomic E-state index is 11.5. The van der Waals surface area contributed by atoms with Gasteiger partial charge in [-0.15, -0.1) is 0 Å². The molecule has 2 aromatic rings. The summed E-state index contributed by atoms with van der Waals surface area (Å²) in [5, 5.41) is 4.08. The molecule has 4 nitrogen and oxygen atoms in total. The maximum absolute atomic E-state index is 11.5. The number of nitrogens with zero attached hydrogens (tertiary/aromatic N) is 1. The molecule has 0 atom stereocenters. The van der Waals surface area contributed by atoms with Crippen LogP contribution in [0.4, 0.5) is 0 Å². The van der Waals surface area contributed by atoms with Gasteiger partial charge in [0.2, 0.25) is 5.91 Å². The lowest BCUT2D eigenvalue weighted by atomic mass is 10.2. The van der Waals surface area contributed by atoms with Gasteiger partial charge in [-0.05, 0) is 55.8 Å². The molecule has 3 rings (SSSR count). The Hall–Kier alpha value is -1.78. The van der Waals surface area contributed by atoms with Gasteiger partial charge >= 0.3 is 0 Å². The van der Waals surface area contributed by atoms with Gasteiger partial charge in [-0.1, -0.05) is 11.6 Å². The van der Waals surface area contributed by atoms with E-state index in [0.29, 0.717) is 18.9 Å². The van der Waals surface area contributed by atoms with Crippen LogP contribution in [0.3, 0.4) is 0 Å². The first-order valence-corrected chi connectivity index (χ1v) is 8.43. The number of amides is 1. The van der Waals surface area contributed by atoms with Gasteiger partial charge in [-0.25, -0.2) is 0 Å². The van der Waals surface area contributed by atoms with Gasteiger partial charge in [0.1, 0.15) is 11.5 Å². The molecule has 1 fully saturated rings. The smallest absolute Gasteiger partial charge is 0.222 e. The second kappa shape index (κ2) is 7.66. The molecule has 1 aliphatic rings. The van der Waals surface area contributed by atoms with Gasteiger partial charge < -0.3 is 14.6 Å². The van der Waals surface area contributed by atoms with E-state index in [1.165, 1.54) is 0 Å². The van der Waals surface area contributed by atoms with Crippen molar-refractivity contribution in [1.82, 2.24) is 10.2 Å². The Morgan fingerprint density at radius 3 is 2.74 bits per heavy atom. The number of furan rings is 1. The summed E-state index contributed by atoms with van der Waals surface area (Å²) in [4.78, 5) is 13.5. The van der Waals surface area contributed by atoms with Gasteiger partial charge in [0.05, 0.1) is 6.54 Å². The second-order valence-electron chi connectivity index (χ2n) is 5.79. The molecule has 2 heterocycles. The standard InChI is InChI=1S/C18H21ClN2O2/c19-15-6-4-14(5-7-15)17-9-8-16(23-17)13-20-10-2-12-21-11-1-3-18(21)22/h4-9,20H,1-3,10-13H2. The Labute approximate surface area is 141 Å². The highest BCUT2D eigenvalue weighted by molar-refractivity contribution is 6.30. The Kier molecular flexibility index (Phi) is 5.36. The van der Waals surface area contributed by atoms with Crippen LogP contribution in [0.5, 0.6) is 0 Å². The highest BCUT2D eigenvalue weighted by Crippen LogP contribution is 2.23. The highest BCUT2D eigenvalue weighted by Gasteiger charge is 2.18. The van der Waals surface area contributed by atoms with E-state index in [9.17, 15) is 4.79 Å². The van der Waals surface area contributed by atoms with Gasteiger partial charge in [0.25, 0.3) is 0 Å². The fraction of sp³-hybridized carbons (Fsp3) is 0.389. The Bertz CT molecular complexity index is 651. The molecule has 0 aliphatic carbocycles. The molecule has 1 saturated heterocycles. The lowest BCUT2D eigenvalue weighted by Gasteiger charge is -2.15.